The normalized spacial score (nSPS) is 16.9. The SMILES string of the molecule is Cc1c(C[C@@H](CNC(=O)C[C@H](c2cccnc2)C2(C)CC2)N(C)C)ccc2[nH]ncc12. The lowest BCUT2D eigenvalue weighted by Gasteiger charge is -2.27. The highest BCUT2D eigenvalue weighted by atomic mass is 16.1. The second-order valence-electron chi connectivity index (χ2n) is 9.50. The van der Waals surface area contributed by atoms with Crippen LogP contribution < -0.4 is 5.32 Å². The summed E-state index contributed by atoms with van der Waals surface area (Å²) in [5.74, 6) is 0.348. The van der Waals surface area contributed by atoms with Gasteiger partial charge in [0.2, 0.25) is 5.91 Å². The van der Waals surface area contributed by atoms with Crippen molar-refractivity contribution in [2.75, 3.05) is 20.6 Å². The Hall–Kier alpha value is -2.73. The largest absolute Gasteiger partial charge is 0.355 e. The molecule has 164 valence electrons. The van der Waals surface area contributed by atoms with Gasteiger partial charge in [0.15, 0.2) is 0 Å². The fourth-order valence-corrected chi connectivity index (χ4v) is 4.50. The maximum atomic E-state index is 12.9. The molecule has 1 aromatic carbocycles. The van der Waals surface area contributed by atoms with Gasteiger partial charge in [0, 0.05) is 36.8 Å². The van der Waals surface area contributed by atoms with Crippen molar-refractivity contribution >= 4 is 16.8 Å². The van der Waals surface area contributed by atoms with Crippen molar-refractivity contribution in [2.45, 2.75) is 51.5 Å². The highest BCUT2D eigenvalue weighted by Gasteiger charge is 2.46. The zero-order chi connectivity index (χ0) is 22.0. The molecular formula is C25H33N5O. The minimum absolute atomic E-state index is 0.121. The number of hydrogen-bond donors (Lipinski definition) is 2. The molecule has 31 heavy (non-hydrogen) atoms. The van der Waals surface area contributed by atoms with Gasteiger partial charge in [-0.2, -0.15) is 5.10 Å². The summed E-state index contributed by atoms with van der Waals surface area (Å²) in [6.07, 6.45) is 9.34. The number of benzene rings is 1. The molecule has 1 saturated carbocycles. The fraction of sp³-hybridized carbons (Fsp3) is 0.480. The molecule has 2 N–H and O–H groups in total. The number of H-pyrrole nitrogens is 1. The van der Waals surface area contributed by atoms with Crippen molar-refractivity contribution in [1.29, 1.82) is 0 Å². The van der Waals surface area contributed by atoms with Crippen LogP contribution in [0.5, 0.6) is 0 Å². The van der Waals surface area contributed by atoms with Crippen molar-refractivity contribution < 1.29 is 4.79 Å². The van der Waals surface area contributed by atoms with Crippen LogP contribution in [-0.4, -0.2) is 52.7 Å². The Kier molecular flexibility index (Phi) is 6.10. The van der Waals surface area contributed by atoms with Crippen molar-refractivity contribution in [1.82, 2.24) is 25.4 Å². The highest BCUT2D eigenvalue weighted by molar-refractivity contribution is 5.82. The number of aryl methyl sites for hydroxylation is 1. The number of pyridine rings is 1. The van der Waals surface area contributed by atoms with Gasteiger partial charge in [0.1, 0.15) is 0 Å². The number of amides is 1. The summed E-state index contributed by atoms with van der Waals surface area (Å²) >= 11 is 0. The Bertz CT molecular complexity index is 1040. The van der Waals surface area contributed by atoms with E-state index in [1.165, 1.54) is 29.5 Å². The molecule has 2 atom stereocenters. The fourth-order valence-electron chi connectivity index (χ4n) is 4.50. The van der Waals surface area contributed by atoms with Crippen LogP contribution in [0.4, 0.5) is 0 Å². The molecule has 2 aromatic heterocycles. The molecule has 6 heteroatoms. The van der Waals surface area contributed by atoms with E-state index >= 15 is 0 Å². The number of fused-ring (bicyclic) bond motifs is 1. The molecule has 1 fully saturated rings. The summed E-state index contributed by atoms with van der Waals surface area (Å²) < 4.78 is 0. The van der Waals surface area contributed by atoms with Crippen LogP contribution in [0.15, 0.2) is 42.9 Å². The van der Waals surface area contributed by atoms with Gasteiger partial charge in [0.05, 0.1) is 11.7 Å². The molecule has 0 aliphatic heterocycles. The third-order valence-electron chi connectivity index (χ3n) is 7.08. The average molecular weight is 420 g/mol. The van der Waals surface area contributed by atoms with Crippen LogP contribution in [-0.2, 0) is 11.2 Å². The lowest BCUT2D eigenvalue weighted by Crippen LogP contribution is -2.42. The van der Waals surface area contributed by atoms with Gasteiger partial charge in [-0.25, -0.2) is 0 Å². The van der Waals surface area contributed by atoms with E-state index in [0.717, 1.165) is 17.3 Å². The Morgan fingerprint density at radius 2 is 2.06 bits per heavy atom. The van der Waals surface area contributed by atoms with Gasteiger partial charge < -0.3 is 10.2 Å². The first kappa shape index (κ1) is 21.5. The van der Waals surface area contributed by atoms with E-state index in [1.54, 1.807) is 6.20 Å². The van der Waals surface area contributed by atoms with Crippen LogP contribution in [0, 0.1) is 12.3 Å². The van der Waals surface area contributed by atoms with Gasteiger partial charge in [0.25, 0.3) is 0 Å². The van der Waals surface area contributed by atoms with E-state index in [-0.39, 0.29) is 23.3 Å². The number of nitrogens with one attached hydrogen (secondary N) is 2. The van der Waals surface area contributed by atoms with Gasteiger partial charge >= 0.3 is 0 Å². The van der Waals surface area contributed by atoms with E-state index in [9.17, 15) is 4.79 Å². The summed E-state index contributed by atoms with van der Waals surface area (Å²) in [5, 5.41) is 11.6. The standard InChI is InChI=1S/C25H33N5O/c1-17-18(7-8-23-21(17)16-28-29-23)12-20(30(3)4)15-27-24(31)13-22(25(2)9-10-25)19-6-5-11-26-14-19/h5-8,11,14,16,20,22H,9-10,12-13,15H2,1-4H3,(H,27,31)(H,28,29)/t20-,22+/m0/s1. The second kappa shape index (κ2) is 8.79. The molecule has 1 aliphatic carbocycles. The molecule has 0 unspecified atom stereocenters. The smallest absolute Gasteiger partial charge is 0.220 e. The Labute approximate surface area is 184 Å². The molecule has 1 aliphatic rings. The lowest BCUT2D eigenvalue weighted by molar-refractivity contribution is -0.122. The van der Waals surface area contributed by atoms with Crippen LogP contribution in [0.2, 0.25) is 0 Å². The summed E-state index contributed by atoms with van der Waals surface area (Å²) in [7, 11) is 4.15. The van der Waals surface area contributed by atoms with E-state index < -0.39 is 0 Å². The van der Waals surface area contributed by atoms with E-state index in [2.05, 4.69) is 71.5 Å². The summed E-state index contributed by atoms with van der Waals surface area (Å²) in [4.78, 5) is 19.4. The number of likely N-dealkylation sites (N-methyl/N-ethyl adjacent to an activating group) is 1. The quantitative estimate of drug-likeness (QED) is 0.553. The van der Waals surface area contributed by atoms with Crippen molar-refractivity contribution in [3.63, 3.8) is 0 Å². The predicted molar refractivity (Wildman–Crippen MR) is 124 cm³/mol. The molecule has 0 radical (unpaired) electrons. The number of aromatic amines is 1. The predicted octanol–water partition coefficient (Wildman–Crippen LogP) is 3.83. The number of nitrogens with zero attached hydrogens (tertiary/aromatic N) is 3. The minimum atomic E-state index is 0.121. The molecule has 1 amide bonds. The first-order chi connectivity index (χ1) is 14.9. The first-order valence-electron chi connectivity index (χ1n) is 11.1. The Balaban J connectivity index is 1.40. The number of carbonyl (C=O) groups excluding carboxylic acids is 1. The van der Waals surface area contributed by atoms with Gasteiger partial charge in [-0.15, -0.1) is 0 Å². The molecule has 2 heterocycles. The third kappa shape index (κ3) is 4.79. The molecule has 0 spiro atoms. The van der Waals surface area contributed by atoms with Gasteiger partial charge in [-0.1, -0.05) is 19.1 Å². The van der Waals surface area contributed by atoms with Crippen molar-refractivity contribution in [2.24, 2.45) is 5.41 Å². The van der Waals surface area contributed by atoms with Crippen LogP contribution >= 0.6 is 0 Å². The molecule has 0 saturated heterocycles. The van der Waals surface area contributed by atoms with Crippen molar-refractivity contribution in [3.05, 3.63) is 59.5 Å². The lowest BCUT2D eigenvalue weighted by atomic mass is 9.82. The monoisotopic (exact) mass is 419 g/mol. The number of aromatic nitrogens is 3. The Morgan fingerprint density at radius 1 is 1.26 bits per heavy atom. The van der Waals surface area contributed by atoms with E-state index in [0.29, 0.717) is 13.0 Å². The van der Waals surface area contributed by atoms with Crippen LogP contribution in [0.1, 0.15) is 48.8 Å². The number of hydrogen-bond acceptors (Lipinski definition) is 4. The first-order valence-corrected chi connectivity index (χ1v) is 11.1. The molecule has 4 rings (SSSR count). The highest BCUT2D eigenvalue weighted by Crippen LogP contribution is 2.56. The third-order valence-corrected chi connectivity index (χ3v) is 7.08. The van der Waals surface area contributed by atoms with Gasteiger partial charge in [-0.05, 0) is 80.4 Å². The van der Waals surface area contributed by atoms with Crippen LogP contribution in [0.25, 0.3) is 10.9 Å². The molecule has 3 aromatic rings. The van der Waals surface area contributed by atoms with Crippen LogP contribution in [0.3, 0.4) is 0 Å². The molecule has 0 bridgehead atoms. The molecular weight excluding hydrogens is 386 g/mol. The van der Waals surface area contributed by atoms with E-state index in [1.807, 2.05) is 18.5 Å². The minimum Gasteiger partial charge on any atom is -0.355 e. The second-order valence-corrected chi connectivity index (χ2v) is 9.50. The zero-order valence-electron chi connectivity index (χ0n) is 19.0. The number of carbonyl (C=O) groups is 1. The summed E-state index contributed by atoms with van der Waals surface area (Å²) in [5.41, 5.74) is 5.00. The summed E-state index contributed by atoms with van der Waals surface area (Å²) in [6.45, 7) is 5.06. The van der Waals surface area contributed by atoms with Crippen molar-refractivity contribution in [3.8, 4) is 0 Å². The maximum absolute atomic E-state index is 12.9. The summed E-state index contributed by atoms with van der Waals surface area (Å²) in [6, 6.07) is 8.55. The van der Waals surface area contributed by atoms with Gasteiger partial charge in [-0.3, -0.25) is 14.9 Å². The molecule has 6 nitrogen and oxygen atoms in total. The number of rotatable bonds is 9. The average Bonchev–Trinajstić information content (AvgIpc) is 3.31. The zero-order valence-corrected chi connectivity index (χ0v) is 19.0. The van der Waals surface area contributed by atoms with E-state index in [4.69, 9.17) is 0 Å². The topological polar surface area (TPSA) is 73.9 Å². The maximum Gasteiger partial charge on any atom is 0.220 e. The Morgan fingerprint density at radius 3 is 2.74 bits per heavy atom.